The maximum absolute atomic E-state index is 16.2. The van der Waals surface area contributed by atoms with Crippen LogP contribution in [-0.4, -0.2) is 69.1 Å². The van der Waals surface area contributed by atoms with Gasteiger partial charge in [-0.3, -0.25) is 4.79 Å². The van der Waals surface area contributed by atoms with Crippen molar-refractivity contribution < 1.29 is 18.4 Å². The van der Waals surface area contributed by atoms with E-state index in [0.717, 1.165) is 20.8 Å². The number of allylic oxidation sites excluding steroid dienone is 1. The first-order valence-electron chi connectivity index (χ1n) is 12.1. The van der Waals surface area contributed by atoms with Crippen LogP contribution in [0.25, 0.3) is 6.08 Å². The summed E-state index contributed by atoms with van der Waals surface area (Å²) < 4.78 is 30.2. The number of benzene rings is 1. The van der Waals surface area contributed by atoms with Crippen LogP contribution < -0.4 is 8.44 Å². The van der Waals surface area contributed by atoms with Crippen LogP contribution in [0.15, 0.2) is 30.1 Å². The van der Waals surface area contributed by atoms with Crippen molar-refractivity contribution in [1.82, 2.24) is 14.9 Å². The van der Waals surface area contributed by atoms with Gasteiger partial charge in [-0.15, -0.1) is 0 Å². The predicted octanol–water partition coefficient (Wildman–Crippen LogP) is 6.13. The summed E-state index contributed by atoms with van der Waals surface area (Å²) in [5.41, 5.74) is 1.25. The van der Waals surface area contributed by atoms with E-state index in [1.54, 1.807) is 56.2 Å². The standard InChI is InChI=1S/C26H29F2I2N4O2.Tl/c1-4-6-22-20(14-21(17(3)35)26(28)9-11-34(12-10-26)25(30)36)24(32-15-31-22)33-16(2)18-7-5-8-19(13-18)23(27)29;/h5,7-8,14-16,23H,4,6,9-12H2,1-3H3,(H,31,32,33);/b21-14+;/t16-,23?;/m1./s1. The van der Waals surface area contributed by atoms with E-state index in [4.69, 9.17) is 0 Å². The predicted molar refractivity (Wildman–Crippen MR) is 160 cm³/mol. The number of nitrogens with one attached hydrogen (secondary N) is 1. The maximum atomic E-state index is 16.2. The van der Waals surface area contributed by atoms with Gasteiger partial charge in [-0.05, 0) is 0 Å². The number of alkyl halides is 3. The summed E-state index contributed by atoms with van der Waals surface area (Å²) in [6, 6.07) is 5.47. The number of nitrogens with zero attached hydrogens (tertiary/aromatic N) is 3. The fourth-order valence-electron chi connectivity index (χ4n) is 4.58. The molecule has 0 saturated carbocycles. The van der Waals surface area contributed by atoms with E-state index < -0.39 is 9.85 Å². The molecule has 1 aliphatic heterocycles. The SMILES string of the molecule is CCCc1ncnc(N[C@H](C)c2cccc(C(F)I)[c]2[Tl])c1/C=C(\C(C)=O)C1(F)CCN(C(=O)I)CC1. The number of Topliss-reactive ketones (excluding diaryl/α,β-unsaturated/α-hetero) is 1. The number of likely N-dealkylation sites (tertiary alicyclic amines) is 1. The van der Waals surface area contributed by atoms with E-state index in [9.17, 15) is 14.0 Å². The van der Waals surface area contributed by atoms with Crippen molar-refractivity contribution >= 4 is 95.7 Å². The Balaban J connectivity index is 2.04. The molecule has 37 heavy (non-hydrogen) atoms. The molecule has 6 nitrogen and oxygen atoms in total. The van der Waals surface area contributed by atoms with E-state index in [-0.39, 0.29) is 47.2 Å². The third kappa shape index (κ3) is 7.45. The number of hydrogen-bond acceptors (Lipinski definition) is 5. The first-order chi connectivity index (χ1) is 17.5. The van der Waals surface area contributed by atoms with Crippen LogP contribution >= 0.6 is 45.2 Å². The minimum atomic E-state index is -1.84. The molecule has 1 aromatic heterocycles. The zero-order valence-electron chi connectivity index (χ0n) is 21.0. The number of aryl methyl sites for hydroxylation is 1. The first-order valence-corrected chi connectivity index (χ1v) is 16.7. The Morgan fingerprint density at radius 2 is 1.92 bits per heavy atom. The fraction of sp³-hybridized carbons (Fsp3) is 0.462. The van der Waals surface area contributed by atoms with Crippen molar-refractivity contribution in [3.8, 4) is 0 Å². The second-order valence-corrected chi connectivity index (χ2v) is 13.4. The average molecular weight is 926 g/mol. The van der Waals surface area contributed by atoms with Crippen molar-refractivity contribution in [3.05, 3.63) is 52.5 Å². The van der Waals surface area contributed by atoms with Crippen LogP contribution in [0, 0.1) is 0 Å². The molecule has 3 rings (SSSR count). The molecule has 1 unspecified atom stereocenters. The summed E-state index contributed by atoms with van der Waals surface area (Å²) in [7, 11) is 0. The minimum absolute atomic E-state index is 0.0569. The van der Waals surface area contributed by atoms with Gasteiger partial charge in [0, 0.05) is 22.6 Å². The molecule has 1 fully saturated rings. The number of halogens is 4. The summed E-state index contributed by atoms with van der Waals surface area (Å²) in [6.07, 6.45) is 4.65. The Hall–Kier alpha value is -0.778. The average Bonchev–Trinajstić information content (AvgIpc) is 2.83. The van der Waals surface area contributed by atoms with Crippen LogP contribution in [0.4, 0.5) is 19.4 Å². The van der Waals surface area contributed by atoms with Crippen LogP contribution in [0.2, 0.25) is 0 Å². The molecule has 1 aliphatic rings. The van der Waals surface area contributed by atoms with Crippen LogP contribution in [0.1, 0.15) is 72.6 Å². The van der Waals surface area contributed by atoms with Crippen molar-refractivity contribution in [1.29, 1.82) is 0 Å². The van der Waals surface area contributed by atoms with Gasteiger partial charge in [-0.25, -0.2) is 0 Å². The van der Waals surface area contributed by atoms with Crippen molar-refractivity contribution in [2.45, 2.75) is 62.3 Å². The number of rotatable bonds is 9. The Labute approximate surface area is 259 Å². The number of anilines is 1. The quantitative estimate of drug-likeness (QED) is 0.0820. The normalized spacial score (nSPS) is 17.2. The fourth-order valence-corrected chi connectivity index (χ4v) is 9.22. The second kappa shape index (κ2) is 13.5. The molecule has 1 N–H and O–H groups in total. The van der Waals surface area contributed by atoms with Gasteiger partial charge in [0.15, 0.2) is 0 Å². The van der Waals surface area contributed by atoms with E-state index in [1.165, 1.54) is 13.3 Å². The van der Waals surface area contributed by atoms with E-state index in [1.807, 2.05) is 32.0 Å². The number of carbonyl (C=O) groups is 2. The topological polar surface area (TPSA) is 75.2 Å². The molecule has 0 spiro atoms. The monoisotopic (exact) mass is 926 g/mol. The molecule has 1 amide bonds. The van der Waals surface area contributed by atoms with E-state index in [0.29, 0.717) is 49.1 Å². The summed E-state index contributed by atoms with van der Waals surface area (Å²) >= 11 is 3.92. The van der Waals surface area contributed by atoms with E-state index in [2.05, 4.69) is 15.3 Å². The van der Waals surface area contributed by atoms with Gasteiger partial charge in [0.05, 0.1) is 0 Å². The number of aromatic nitrogens is 2. The zero-order valence-corrected chi connectivity index (χ0v) is 29.8. The summed E-state index contributed by atoms with van der Waals surface area (Å²) in [6.45, 7) is 5.90. The van der Waals surface area contributed by atoms with Gasteiger partial charge in [0.1, 0.15) is 0 Å². The molecule has 0 aliphatic carbocycles. The third-order valence-electron chi connectivity index (χ3n) is 6.64. The van der Waals surface area contributed by atoms with E-state index >= 15 is 4.39 Å². The molecular formula is C26H29F2I2N4O2Tl. The third-order valence-corrected chi connectivity index (χ3v) is 10.6. The molecule has 0 bridgehead atoms. The molecule has 2 atom stereocenters. The number of ketones is 1. The van der Waals surface area contributed by atoms with Gasteiger partial charge in [-0.1, -0.05) is 0 Å². The van der Waals surface area contributed by atoms with Crippen LogP contribution in [-0.2, 0) is 11.2 Å². The number of hydrogen-bond donors (Lipinski definition) is 1. The summed E-state index contributed by atoms with van der Waals surface area (Å²) in [4.78, 5) is 35.0. The summed E-state index contributed by atoms with van der Waals surface area (Å²) in [5, 5.41) is 3.43. The number of amides is 1. The molecule has 1 aromatic carbocycles. The van der Waals surface area contributed by atoms with Gasteiger partial charge in [-0.2, -0.15) is 0 Å². The number of piperidine rings is 1. The zero-order chi connectivity index (χ0) is 27.3. The van der Waals surface area contributed by atoms with Crippen molar-refractivity contribution in [3.63, 3.8) is 0 Å². The summed E-state index contributed by atoms with van der Waals surface area (Å²) in [5.74, 6) is 0.156. The first kappa shape index (κ1) is 30.8. The van der Waals surface area contributed by atoms with Gasteiger partial charge < -0.3 is 0 Å². The number of carbonyl (C=O) groups excluding carboxylic acids is 2. The van der Waals surface area contributed by atoms with Gasteiger partial charge >= 0.3 is 231 Å². The van der Waals surface area contributed by atoms with Crippen LogP contribution in [0.5, 0.6) is 0 Å². The van der Waals surface area contributed by atoms with Crippen LogP contribution in [0.3, 0.4) is 0 Å². The van der Waals surface area contributed by atoms with Crippen molar-refractivity contribution in [2.75, 3.05) is 18.4 Å². The molecule has 2 heterocycles. The van der Waals surface area contributed by atoms with Gasteiger partial charge in [0.2, 0.25) is 0 Å². The molecule has 2 aromatic rings. The Morgan fingerprint density at radius 3 is 2.49 bits per heavy atom. The Kier molecular flexibility index (Phi) is 11.2. The van der Waals surface area contributed by atoms with Gasteiger partial charge in [0.25, 0.3) is 3.91 Å². The Bertz CT molecular complexity index is 1190. The van der Waals surface area contributed by atoms with Crippen molar-refractivity contribution in [2.24, 2.45) is 0 Å². The molecule has 0 radical (unpaired) electrons. The molecule has 11 heteroatoms. The second-order valence-electron chi connectivity index (χ2n) is 9.17. The molecule has 196 valence electrons. The Morgan fingerprint density at radius 1 is 1.27 bits per heavy atom. The molecular weight excluding hydrogens is 896 g/mol. The molecule has 1 saturated heterocycles.